The number of nitriles is 1. The van der Waals surface area contributed by atoms with Gasteiger partial charge in [0.05, 0.1) is 11.6 Å². The predicted octanol–water partition coefficient (Wildman–Crippen LogP) is 4.04. The van der Waals surface area contributed by atoms with E-state index in [-0.39, 0.29) is 0 Å². The Hall–Kier alpha value is -2.89. The van der Waals surface area contributed by atoms with E-state index in [1.54, 1.807) is 6.07 Å². The lowest BCUT2D eigenvalue weighted by molar-refractivity contribution is 0.0811. The number of benzene rings is 3. The van der Waals surface area contributed by atoms with Crippen molar-refractivity contribution < 1.29 is 5.11 Å². The minimum Gasteiger partial charge on any atom is -0.380 e. The van der Waals surface area contributed by atoms with Crippen LogP contribution in [-0.4, -0.2) is 5.11 Å². The monoisotopic (exact) mass is 299 g/mol. The highest BCUT2D eigenvalue weighted by Gasteiger charge is 2.31. The van der Waals surface area contributed by atoms with E-state index < -0.39 is 5.60 Å². The van der Waals surface area contributed by atoms with E-state index in [4.69, 9.17) is 5.26 Å². The molecule has 0 aromatic heterocycles. The molecule has 0 radical (unpaired) electrons. The van der Waals surface area contributed by atoms with Crippen molar-refractivity contribution in [3.05, 3.63) is 107 Å². The molecule has 0 bridgehead atoms. The highest BCUT2D eigenvalue weighted by molar-refractivity contribution is 5.40. The first-order valence-corrected chi connectivity index (χ1v) is 7.55. The Morgan fingerprint density at radius 3 is 1.87 bits per heavy atom. The van der Waals surface area contributed by atoms with Gasteiger partial charge < -0.3 is 5.11 Å². The summed E-state index contributed by atoms with van der Waals surface area (Å²) in [6.07, 6.45) is 0.413. The van der Waals surface area contributed by atoms with Gasteiger partial charge in [-0.2, -0.15) is 5.26 Å². The van der Waals surface area contributed by atoms with Crippen LogP contribution in [0.1, 0.15) is 22.3 Å². The summed E-state index contributed by atoms with van der Waals surface area (Å²) in [5.74, 6) is 0. The van der Waals surface area contributed by atoms with E-state index in [0.717, 1.165) is 16.7 Å². The Morgan fingerprint density at radius 1 is 0.783 bits per heavy atom. The summed E-state index contributed by atoms with van der Waals surface area (Å²) in [4.78, 5) is 0. The van der Waals surface area contributed by atoms with Crippen molar-refractivity contribution in [1.29, 1.82) is 5.26 Å². The Bertz CT molecular complexity index is 780. The molecule has 0 spiro atoms. The molecule has 0 atom stereocenters. The molecule has 3 rings (SSSR count). The van der Waals surface area contributed by atoms with Gasteiger partial charge in [-0.25, -0.2) is 0 Å². The fraction of sp³-hybridized carbons (Fsp3) is 0.0952. The molecule has 2 nitrogen and oxygen atoms in total. The third kappa shape index (κ3) is 3.15. The number of hydrogen-bond donors (Lipinski definition) is 1. The van der Waals surface area contributed by atoms with Crippen LogP contribution < -0.4 is 0 Å². The standard InChI is InChI=1S/C21H17NO/c22-16-18-9-7-8-17(14-18)15-21(23,19-10-3-1-4-11-19)20-12-5-2-6-13-20/h1-14,23H,15H2. The van der Waals surface area contributed by atoms with E-state index in [0.29, 0.717) is 12.0 Å². The van der Waals surface area contributed by atoms with E-state index >= 15 is 0 Å². The molecule has 0 amide bonds. The van der Waals surface area contributed by atoms with E-state index in [1.807, 2.05) is 78.9 Å². The second-order valence-electron chi connectivity index (χ2n) is 5.58. The summed E-state index contributed by atoms with van der Waals surface area (Å²) in [6.45, 7) is 0. The molecule has 3 aromatic carbocycles. The molecule has 23 heavy (non-hydrogen) atoms. The molecule has 0 saturated carbocycles. The average molecular weight is 299 g/mol. The first-order chi connectivity index (χ1) is 11.2. The lowest BCUT2D eigenvalue weighted by atomic mass is 9.81. The molecule has 3 aromatic rings. The van der Waals surface area contributed by atoms with Crippen LogP contribution in [0.3, 0.4) is 0 Å². The van der Waals surface area contributed by atoms with Gasteiger partial charge in [-0.1, -0.05) is 72.8 Å². The Kier molecular flexibility index (Phi) is 4.23. The largest absolute Gasteiger partial charge is 0.380 e. The molecule has 0 aliphatic carbocycles. The zero-order chi connectivity index (χ0) is 16.1. The minimum absolute atomic E-state index is 0.413. The van der Waals surface area contributed by atoms with Crippen molar-refractivity contribution in [2.24, 2.45) is 0 Å². The van der Waals surface area contributed by atoms with Crippen molar-refractivity contribution in [1.82, 2.24) is 0 Å². The summed E-state index contributed by atoms with van der Waals surface area (Å²) >= 11 is 0. The topological polar surface area (TPSA) is 44.0 Å². The van der Waals surface area contributed by atoms with Crippen LogP contribution in [0.25, 0.3) is 0 Å². The SMILES string of the molecule is N#Cc1cccc(CC(O)(c2ccccc2)c2ccccc2)c1. The minimum atomic E-state index is -1.13. The van der Waals surface area contributed by atoms with Crippen LogP contribution in [0.4, 0.5) is 0 Å². The average Bonchev–Trinajstić information content (AvgIpc) is 2.63. The van der Waals surface area contributed by atoms with E-state index in [1.165, 1.54) is 0 Å². The van der Waals surface area contributed by atoms with Gasteiger partial charge in [-0.15, -0.1) is 0 Å². The summed E-state index contributed by atoms with van der Waals surface area (Å²) in [5.41, 5.74) is 2.09. The third-order valence-corrected chi connectivity index (χ3v) is 4.02. The smallest absolute Gasteiger partial charge is 0.119 e. The molecule has 0 aliphatic heterocycles. The Morgan fingerprint density at radius 2 is 1.35 bits per heavy atom. The molecule has 0 fully saturated rings. The molecular formula is C21H17NO. The number of rotatable bonds is 4. The van der Waals surface area contributed by atoms with Gasteiger partial charge in [0.2, 0.25) is 0 Å². The van der Waals surface area contributed by atoms with Crippen molar-refractivity contribution in [3.8, 4) is 6.07 Å². The van der Waals surface area contributed by atoms with Crippen LogP contribution in [0, 0.1) is 11.3 Å². The van der Waals surface area contributed by atoms with Crippen molar-refractivity contribution >= 4 is 0 Å². The molecule has 0 heterocycles. The predicted molar refractivity (Wildman–Crippen MR) is 90.7 cm³/mol. The molecule has 1 N–H and O–H groups in total. The fourth-order valence-electron chi connectivity index (χ4n) is 2.84. The zero-order valence-electron chi connectivity index (χ0n) is 12.7. The summed E-state index contributed by atoms with van der Waals surface area (Å²) < 4.78 is 0. The molecule has 0 saturated heterocycles. The second-order valence-corrected chi connectivity index (χ2v) is 5.58. The molecule has 2 heteroatoms. The van der Waals surface area contributed by atoms with E-state index in [9.17, 15) is 5.11 Å². The van der Waals surface area contributed by atoms with Gasteiger partial charge in [0.15, 0.2) is 0 Å². The number of hydrogen-bond acceptors (Lipinski definition) is 2. The first-order valence-electron chi connectivity index (χ1n) is 7.55. The number of aliphatic hydroxyl groups is 1. The first kappa shape index (κ1) is 15.0. The van der Waals surface area contributed by atoms with Crippen LogP contribution in [0.5, 0.6) is 0 Å². The Balaban J connectivity index is 2.08. The molecular weight excluding hydrogens is 282 g/mol. The third-order valence-electron chi connectivity index (χ3n) is 4.02. The lowest BCUT2D eigenvalue weighted by Gasteiger charge is -2.29. The normalized spacial score (nSPS) is 11.0. The van der Waals surface area contributed by atoms with Crippen molar-refractivity contribution in [3.63, 3.8) is 0 Å². The maximum Gasteiger partial charge on any atom is 0.119 e. The van der Waals surface area contributed by atoms with Crippen LogP contribution in [0.15, 0.2) is 84.9 Å². The Labute approximate surface area is 136 Å². The van der Waals surface area contributed by atoms with Crippen LogP contribution in [0.2, 0.25) is 0 Å². The van der Waals surface area contributed by atoms with Gasteiger partial charge in [0.1, 0.15) is 5.60 Å². The van der Waals surface area contributed by atoms with Crippen molar-refractivity contribution in [2.45, 2.75) is 12.0 Å². The maximum atomic E-state index is 11.5. The maximum absolute atomic E-state index is 11.5. The quantitative estimate of drug-likeness (QED) is 0.790. The highest BCUT2D eigenvalue weighted by atomic mass is 16.3. The van der Waals surface area contributed by atoms with Gasteiger partial charge in [0.25, 0.3) is 0 Å². The molecule has 0 aliphatic rings. The van der Waals surface area contributed by atoms with Gasteiger partial charge >= 0.3 is 0 Å². The number of nitrogens with zero attached hydrogens (tertiary/aromatic N) is 1. The van der Waals surface area contributed by atoms with E-state index in [2.05, 4.69) is 6.07 Å². The lowest BCUT2D eigenvalue weighted by Crippen LogP contribution is -2.30. The molecule has 112 valence electrons. The van der Waals surface area contributed by atoms with Gasteiger partial charge in [-0.05, 0) is 28.8 Å². The fourth-order valence-corrected chi connectivity index (χ4v) is 2.84. The second kappa shape index (κ2) is 6.48. The summed E-state index contributed by atoms with van der Waals surface area (Å²) in [5, 5.41) is 20.6. The molecule has 0 unspecified atom stereocenters. The van der Waals surface area contributed by atoms with Crippen LogP contribution in [-0.2, 0) is 12.0 Å². The van der Waals surface area contributed by atoms with Gasteiger partial charge in [-0.3, -0.25) is 0 Å². The highest BCUT2D eigenvalue weighted by Crippen LogP contribution is 2.33. The zero-order valence-corrected chi connectivity index (χ0v) is 12.7. The van der Waals surface area contributed by atoms with Crippen LogP contribution >= 0.6 is 0 Å². The summed E-state index contributed by atoms with van der Waals surface area (Å²) in [6, 6.07) is 28.8. The van der Waals surface area contributed by atoms with Crippen molar-refractivity contribution in [2.75, 3.05) is 0 Å². The van der Waals surface area contributed by atoms with Gasteiger partial charge in [0, 0.05) is 6.42 Å². The summed E-state index contributed by atoms with van der Waals surface area (Å²) in [7, 11) is 0.